The van der Waals surface area contributed by atoms with E-state index in [9.17, 15) is 24.3 Å². The first kappa shape index (κ1) is 35.8. The summed E-state index contributed by atoms with van der Waals surface area (Å²) < 4.78 is 10.5. The molecule has 2 amide bonds. The number of carboxylic acids is 1. The maximum atomic E-state index is 12.2. The van der Waals surface area contributed by atoms with Crippen molar-refractivity contribution in [3.63, 3.8) is 0 Å². The summed E-state index contributed by atoms with van der Waals surface area (Å²) in [5.74, 6) is 1.50. The zero-order valence-corrected chi connectivity index (χ0v) is 27.8. The van der Waals surface area contributed by atoms with Gasteiger partial charge in [-0.25, -0.2) is 14.6 Å². The van der Waals surface area contributed by atoms with E-state index in [1.54, 1.807) is 13.2 Å². The Morgan fingerprint density at radius 2 is 1.78 bits per heavy atom. The largest absolute Gasteiger partial charge is 0.497 e. The molecule has 2 heterocycles. The number of aromatic nitrogens is 2. The fourth-order valence-electron chi connectivity index (χ4n) is 6.18. The average Bonchev–Trinajstić information content (AvgIpc) is 3.37. The molecule has 2 aromatic rings. The van der Waals surface area contributed by atoms with Crippen molar-refractivity contribution < 1.29 is 29.0 Å². The molecule has 2 unspecified atom stereocenters. The number of hydrogen-bond acceptors (Lipinski definition) is 7. The monoisotopic (exact) mass is 628 g/mol. The molecule has 2 atom stereocenters. The molecular weight excluding hydrogens is 576 g/mol. The number of methoxy groups -OCH3 is 1. The molecule has 1 saturated heterocycles. The van der Waals surface area contributed by atoms with Crippen LogP contribution in [0.25, 0.3) is 11.0 Å². The predicted molar refractivity (Wildman–Crippen MR) is 173 cm³/mol. The molecule has 45 heavy (non-hydrogen) atoms. The van der Waals surface area contributed by atoms with Gasteiger partial charge in [-0.3, -0.25) is 9.59 Å². The van der Waals surface area contributed by atoms with Gasteiger partial charge in [0, 0.05) is 12.6 Å². The molecule has 1 aromatic carbocycles. The number of fused-ring (bicyclic) bond motifs is 3. The number of hydrogen-bond donors (Lipinski definition) is 3. The number of likely N-dealkylation sites (tertiary alicyclic amines) is 1. The summed E-state index contributed by atoms with van der Waals surface area (Å²) in [6.45, 7) is 10.7. The molecule has 11 nitrogen and oxygen atoms in total. The predicted octanol–water partition coefficient (Wildman–Crippen LogP) is 5.55. The van der Waals surface area contributed by atoms with Crippen LogP contribution >= 0.6 is 0 Å². The van der Waals surface area contributed by atoms with Gasteiger partial charge in [0.15, 0.2) is 0 Å². The Labute approximate surface area is 266 Å². The smallest absolute Gasteiger partial charge is 0.407 e. The second kappa shape index (κ2) is 17.2. The SMILES string of the molecule is CC(C)C.CC1CCN(C(=O)CNC(=O)OC2CC3CC(C3)C2)C1C(=O)O.CCCCCc1nc2ccc(OC)cc2[nH]c1=O. The van der Waals surface area contributed by atoms with Gasteiger partial charge >= 0.3 is 12.1 Å². The highest BCUT2D eigenvalue weighted by Gasteiger charge is 2.41. The third-order valence-corrected chi connectivity index (χ3v) is 8.44. The third kappa shape index (κ3) is 10.7. The van der Waals surface area contributed by atoms with Crippen molar-refractivity contribution in [2.24, 2.45) is 23.7 Å². The Morgan fingerprint density at radius 1 is 1.11 bits per heavy atom. The third-order valence-electron chi connectivity index (χ3n) is 8.44. The molecule has 3 N–H and O–H groups in total. The van der Waals surface area contributed by atoms with Crippen LogP contribution in [-0.2, 0) is 20.7 Å². The minimum absolute atomic E-state index is 0.0406. The van der Waals surface area contributed by atoms with Gasteiger partial charge in [-0.2, -0.15) is 0 Å². The molecule has 4 fully saturated rings. The van der Waals surface area contributed by atoms with Crippen molar-refractivity contribution in [1.82, 2.24) is 20.2 Å². The van der Waals surface area contributed by atoms with Crippen molar-refractivity contribution in [1.29, 1.82) is 0 Å². The highest BCUT2D eigenvalue weighted by molar-refractivity contribution is 5.87. The first-order valence-corrected chi connectivity index (χ1v) is 16.4. The van der Waals surface area contributed by atoms with Crippen LogP contribution in [0.3, 0.4) is 0 Å². The summed E-state index contributed by atoms with van der Waals surface area (Å²) in [5.41, 5.74) is 2.06. The number of nitrogens with one attached hydrogen (secondary N) is 2. The van der Waals surface area contributed by atoms with Gasteiger partial charge in [0.2, 0.25) is 5.91 Å². The molecule has 0 radical (unpaired) electrons. The Kier molecular flexibility index (Phi) is 13.7. The van der Waals surface area contributed by atoms with E-state index in [0.29, 0.717) is 30.5 Å². The summed E-state index contributed by atoms with van der Waals surface area (Å²) in [4.78, 5) is 55.7. The Bertz CT molecular complexity index is 1320. The fourth-order valence-corrected chi connectivity index (χ4v) is 6.18. The first-order chi connectivity index (χ1) is 21.4. The number of aryl methyl sites for hydroxylation is 1. The molecule has 4 aliphatic rings. The van der Waals surface area contributed by atoms with Gasteiger partial charge in [0.25, 0.3) is 5.56 Å². The van der Waals surface area contributed by atoms with E-state index in [-0.39, 0.29) is 30.0 Å². The van der Waals surface area contributed by atoms with E-state index >= 15 is 0 Å². The molecule has 11 heteroatoms. The minimum Gasteiger partial charge on any atom is -0.497 e. The number of benzene rings is 1. The van der Waals surface area contributed by atoms with Crippen LogP contribution in [0.1, 0.15) is 91.7 Å². The van der Waals surface area contributed by atoms with Crippen LogP contribution < -0.4 is 15.6 Å². The van der Waals surface area contributed by atoms with Gasteiger partial charge < -0.3 is 29.8 Å². The highest BCUT2D eigenvalue weighted by atomic mass is 16.6. The highest BCUT2D eigenvalue weighted by Crippen LogP contribution is 2.46. The maximum Gasteiger partial charge on any atom is 0.407 e. The molecule has 3 aliphatic carbocycles. The summed E-state index contributed by atoms with van der Waals surface area (Å²) >= 11 is 0. The number of aromatic amines is 1. The van der Waals surface area contributed by atoms with Crippen molar-refractivity contribution in [2.45, 2.75) is 105 Å². The van der Waals surface area contributed by atoms with Gasteiger partial charge in [-0.05, 0) is 80.8 Å². The van der Waals surface area contributed by atoms with Gasteiger partial charge in [0.05, 0.1) is 18.1 Å². The zero-order chi connectivity index (χ0) is 33.1. The number of ether oxygens (including phenoxy) is 2. The summed E-state index contributed by atoms with van der Waals surface area (Å²) in [6.07, 6.45) is 8.41. The van der Waals surface area contributed by atoms with E-state index < -0.39 is 18.1 Å². The van der Waals surface area contributed by atoms with E-state index in [4.69, 9.17) is 9.47 Å². The Hall–Kier alpha value is -3.63. The molecule has 3 saturated carbocycles. The summed E-state index contributed by atoms with van der Waals surface area (Å²) in [6, 6.07) is 4.71. The van der Waals surface area contributed by atoms with Crippen molar-refractivity contribution in [3.05, 3.63) is 34.2 Å². The minimum atomic E-state index is -0.993. The van der Waals surface area contributed by atoms with Crippen LogP contribution in [0.15, 0.2) is 23.0 Å². The Balaban J connectivity index is 0.000000225. The number of nitrogens with zero attached hydrogens (tertiary/aromatic N) is 2. The fraction of sp³-hybridized carbons (Fsp3) is 0.676. The second-order valence-corrected chi connectivity index (χ2v) is 13.3. The molecule has 2 bridgehead atoms. The van der Waals surface area contributed by atoms with E-state index in [1.807, 2.05) is 19.1 Å². The lowest BCUT2D eigenvalue weighted by Crippen LogP contribution is -2.47. The van der Waals surface area contributed by atoms with Crippen LogP contribution in [-0.4, -0.2) is 70.3 Å². The normalized spacial score (nSPS) is 23.2. The molecule has 1 aromatic heterocycles. The van der Waals surface area contributed by atoms with Crippen molar-refractivity contribution in [3.8, 4) is 5.75 Å². The lowest BCUT2D eigenvalue weighted by Gasteiger charge is -2.44. The maximum absolute atomic E-state index is 12.2. The van der Waals surface area contributed by atoms with Crippen molar-refractivity contribution >= 4 is 29.0 Å². The van der Waals surface area contributed by atoms with Gasteiger partial charge in [0.1, 0.15) is 30.1 Å². The average molecular weight is 629 g/mol. The number of unbranched alkanes of at least 4 members (excludes halogenated alkanes) is 2. The summed E-state index contributed by atoms with van der Waals surface area (Å²) in [7, 11) is 1.60. The van der Waals surface area contributed by atoms with E-state index in [1.165, 1.54) is 17.7 Å². The number of aliphatic carboxylic acids is 1. The second-order valence-electron chi connectivity index (χ2n) is 13.3. The van der Waals surface area contributed by atoms with Gasteiger partial charge in [-0.15, -0.1) is 0 Å². The molecule has 6 rings (SSSR count). The first-order valence-electron chi connectivity index (χ1n) is 16.4. The quantitative estimate of drug-likeness (QED) is 0.306. The number of carbonyl (C=O) groups excluding carboxylic acids is 2. The lowest BCUT2D eigenvalue weighted by atomic mass is 9.64. The Morgan fingerprint density at radius 3 is 2.38 bits per heavy atom. The number of H-pyrrole nitrogens is 1. The number of alkyl carbamates (subject to hydrolysis) is 1. The van der Waals surface area contributed by atoms with Crippen LogP contribution in [0.2, 0.25) is 0 Å². The lowest BCUT2D eigenvalue weighted by molar-refractivity contribution is -0.149. The van der Waals surface area contributed by atoms with E-state index in [0.717, 1.165) is 61.2 Å². The van der Waals surface area contributed by atoms with E-state index in [2.05, 4.69) is 43.0 Å². The van der Waals surface area contributed by atoms with Crippen LogP contribution in [0.5, 0.6) is 5.75 Å². The van der Waals surface area contributed by atoms with Crippen LogP contribution in [0.4, 0.5) is 4.79 Å². The van der Waals surface area contributed by atoms with Gasteiger partial charge in [-0.1, -0.05) is 47.5 Å². The van der Waals surface area contributed by atoms with Crippen LogP contribution in [0, 0.1) is 23.7 Å². The summed E-state index contributed by atoms with van der Waals surface area (Å²) in [5, 5.41) is 11.7. The standard InChI is InChI=1S/C16H24N2O5.C14H18N2O2.C4H10/c1-9-2-3-18(14(9)15(20)21)13(19)8-17-16(22)23-12-6-10-4-11(5-10)7-12;1-3-4-5-6-12-14(17)16-13-9-10(18-2)7-8-11(13)15-12;1-4(2)3/h9-12,14H,2-8H2,1H3,(H,17,22)(H,20,21);7-9H,3-6H2,1-2H3,(H,16,17);4H,1-3H3. The number of carboxylic acid groups (broad SMARTS) is 1. The number of rotatable bonds is 9. The zero-order valence-electron chi connectivity index (χ0n) is 27.8. The molecule has 250 valence electrons. The van der Waals surface area contributed by atoms with Crippen molar-refractivity contribution in [2.75, 3.05) is 20.2 Å². The number of amides is 2. The number of carbonyl (C=O) groups is 3. The topological polar surface area (TPSA) is 151 Å². The molecular formula is C34H52N4O7. The molecule has 1 aliphatic heterocycles. The molecule has 0 spiro atoms.